The first-order valence-corrected chi connectivity index (χ1v) is 3.25. The Morgan fingerprint density at radius 3 is 2.90 bits per heavy atom. The molecule has 0 saturated heterocycles. The van der Waals surface area contributed by atoms with E-state index in [4.69, 9.17) is 10.2 Å². The zero-order chi connectivity index (χ0) is 7.56. The molecule has 1 rings (SSSR count). The Balaban J connectivity index is 2.60. The number of allylic oxidation sites excluding steroid dienone is 1. The lowest BCUT2D eigenvalue weighted by Crippen LogP contribution is -2.15. The number of aliphatic hydroxyl groups excluding tert-OH is 2. The Morgan fingerprint density at radius 2 is 2.20 bits per heavy atom. The molecule has 2 N–H and O–H groups in total. The fraction of sp³-hybridized carbons (Fsp3) is 0.571. The molecule has 0 aliphatic heterocycles. The van der Waals surface area contributed by atoms with Crippen molar-refractivity contribution in [2.24, 2.45) is 0 Å². The topological polar surface area (TPSA) is 57.5 Å². The van der Waals surface area contributed by atoms with Gasteiger partial charge in [0.2, 0.25) is 0 Å². The smallest absolute Gasteiger partial charge is 0.158 e. The van der Waals surface area contributed by atoms with E-state index in [0.717, 1.165) is 0 Å². The largest absolute Gasteiger partial charge is 0.393 e. The molecular weight excluding hydrogens is 132 g/mol. The molecular formula is C7H10O3. The Kier molecular flexibility index (Phi) is 2.19. The Morgan fingerprint density at radius 1 is 1.50 bits per heavy atom. The van der Waals surface area contributed by atoms with Gasteiger partial charge in [0, 0.05) is 12.8 Å². The van der Waals surface area contributed by atoms with E-state index >= 15 is 0 Å². The van der Waals surface area contributed by atoms with Crippen molar-refractivity contribution in [1.82, 2.24) is 0 Å². The fourth-order valence-electron chi connectivity index (χ4n) is 0.959. The van der Waals surface area contributed by atoms with Crippen LogP contribution < -0.4 is 0 Å². The lowest BCUT2D eigenvalue weighted by molar-refractivity contribution is -0.116. The van der Waals surface area contributed by atoms with Gasteiger partial charge in [-0.05, 0) is 6.08 Å². The third kappa shape index (κ3) is 1.93. The van der Waals surface area contributed by atoms with Crippen molar-refractivity contribution < 1.29 is 15.0 Å². The first kappa shape index (κ1) is 7.44. The molecule has 0 amide bonds. The summed E-state index contributed by atoms with van der Waals surface area (Å²) < 4.78 is 0. The van der Waals surface area contributed by atoms with Crippen molar-refractivity contribution in [3.8, 4) is 0 Å². The van der Waals surface area contributed by atoms with Gasteiger partial charge >= 0.3 is 0 Å². The van der Waals surface area contributed by atoms with E-state index in [0.29, 0.717) is 0 Å². The van der Waals surface area contributed by atoms with Crippen molar-refractivity contribution in [3.63, 3.8) is 0 Å². The van der Waals surface area contributed by atoms with E-state index in [1.54, 1.807) is 0 Å². The van der Waals surface area contributed by atoms with E-state index in [9.17, 15) is 4.79 Å². The second-order valence-corrected chi connectivity index (χ2v) is 2.49. The first-order valence-electron chi connectivity index (χ1n) is 3.25. The maximum absolute atomic E-state index is 10.7. The molecule has 0 radical (unpaired) electrons. The van der Waals surface area contributed by atoms with Crippen LogP contribution in [0, 0.1) is 0 Å². The lowest BCUT2D eigenvalue weighted by Gasteiger charge is -2.06. The van der Waals surface area contributed by atoms with E-state index in [1.165, 1.54) is 12.2 Å². The maximum atomic E-state index is 10.7. The Hall–Kier alpha value is -0.670. The Bertz CT molecular complexity index is 162. The molecule has 0 aromatic heterocycles. The fourth-order valence-corrected chi connectivity index (χ4v) is 0.959. The molecule has 10 heavy (non-hydrogen) atoms. The van der Waals surface area contributed by atoms with E-state index in [-0.39, 0.29) is 18.6 Å². The number of ketones is 1. The van der Waals surface area contributed by atoms with Crippen molar-refractivity contribution in [3.05, 3.63) is 12.2 Å². The van der Waals surface area contributed by atoms with Crippen LogP contribution in [0.5, 0.6) is 0 Å². The number of rotatable bonds is 0. The second-order valence-electron chi connectivity index (χ2n) is 2.49. The third-order valence-electron chi connectivity index (χ3n) is 1.45. The molecule has 0 heterocycles. The SMILES string of the molecule is O=C1C=C[C@@H](O)C[C@H](O)C1. The number of hydrogen-bond acceptors (Lipinski definition) is 3. The van der Waals surface area contributed by atoms with Crippen LogP contribution in [0.25, 0.3) is 0 Å². The molecule has 0 spiro atoms. The second kappa shape index (κ2) is 2.94. The molecule has 3 nitrogen and oxygen atoms in total. The van der Waals surface area contributed by atoms with Gasteiger partial charge in [-0.15, -0.1) is 0 Å². The predicted molar refractivity (Wildman–Crippen MR) is 35.4 cm³/mol. The van der Waals surface area contributed by atoms with Crippen LogP contribution in [0.1, 0.15) is 12.8 Å². The summed E-state index contributed by atoms with van der Waals surface area (Å²) in [6.07, 6.45) is 1.79. The highest BCUT2D eigenvalue weighted by Crippen LogP contribution is 2.09. The van der Waals surface area contributed by atoms with Crippen LogP contribution in [-0.2, 0) is 4.79 Å². The summed E-state index contributed by atoms with van der Waals surface area (Å²) in [7, 11) is 0. The number of aliphatic hydroxyl groups is 2. The summed E-state index contributed by atoms with van der Waals surface area (Å²) in [6, 6.07) is 0. The van der Waals surface area contributed by atoms with Gasteiger partial charge in [0.25, 0.3) is 0 Å². The van der Waals surface area contributed by atoms with Gasteiger partial charge in [0.1, 0.15) is 0 Å². The van der Waals surface area contributed by atoms with Gasteiger partial charge in [0.15, 0.2) is 5.78 Å². The highest BCUT2D eigenvalue weighted by atomic mass is 16.3. The minimum Gasteiger partial charge on any atom is -0.393 e. The minimum absolute atomic E-state index is 0.121. The summed E-state index contributed by atoms with van der Waals surface area (Å²) in [5.74, 6) is -0.121. The van der Waals surface area contributed by atoms with Crippen LogP contribution in [0.15, 0.2) is 12.2 Å². The first-order chi connectivity index (χ1) is 4.68. The molecule has 0 aromatic carbocycles. The molecule has 0 fully saturated rings. The van der Waals surface area contributed by atoms with Gasteiger partial charge in [0.05, 0.1) is 12.2 Å². The quantitative estimate of drug-likeness (QED) is 0.485. The normalized spacial score (nSPS) is 34.0. The average molecular weight is 142 g/mol. The summed E-state index contributed by atoms with van der Waals surface area (Å²) in [5, 5.41) is 18.0. The van der Waals surface area contributed by atoms with Gasteiger partial charge in [-0.25, -0.2) is 0 Å². The van der Waals surface area contributed by atoms with Crippen molar-refractivity contribution in [2.45, 2.75) is 25.0 Å². The highest BCUT2D eigenvalue weighted by Gasteiger charge is 2.15. The number of hydrogen-bond donors (Lipinski definition) is 2. The van der Waals surface area contributed by atoms with Crippen LogP contribution in [0.3, 0.4) is 0 Å². The molecule has 1 aliphatic rings. The van der Waals surface area contributed by atoms with E-state index in [2.05, 4.69) is 0 Å². The third-order valence-corrected chi connectivity index (χ3v) is 1.45. The van der Waals surface area contributed by atoms with Crippen molar-refractivity contribution in [2.75, 3.05) is 0 Å². The average Bonchev–Trinajstić information content (AvgIpc) is 1.93. The molecule has 0 saturated carbocycles. The molecule has 3 heteroatoms. The summed E-state index contributed by atoms with van der Waals surface area (Å²) >= 11 is 0. The maximum Gasteiger partial charge on any atom is 0.158 e. The monoisotopic (exact) mass is 142 g/mol. The molecule has 1 aliphatic carbocycles. The van der Waals surface area contributed by atoms with Crippen LogP contribution in [0.4, 0.5) is 0 Å². The van der Waals surface area contributed by atoms with Gasteiger partial charge in [-0.3, -0.25) is 4.79 Å². The minimum atomic E-state index is -0.683. The highest BCUT2D eigenvalue weighted by molar-refractivity contribution is 5.90. The van der Waals surface area contributed by atoms with E-state index < -0.39 is 12.2 Å². The molecule has 0 aromatic rings. The Labute approximate surface area is 59.0 Å². The lowest BCUT2D eigenvalue weighted by atomic mass is 10.1. The van der Waals surface area contributed by atoms with Crippen LogP contribution in [-0.4, -0.2) is 28.2 Å². The zero-order valence-electron chi connectivity index (χ0n) is 5.53. The van der Waals surface area contributed by atoms with Crippen molar-refractivity contribution in [1.29, 1.82) is 0 Å². The van der Waals surface area contributed by atoms with Crippen LogP contribution >= 0.6 is 0 Å². The zero-order valence-corrected chi connectivity index (χ0v) is 5.53. The molecule has 0 unspecified atom stereocenters. The van der Waals surface area contributed by atoms with Crippen molar-refractivity contribution >= 4 is 5.78 Å². The number of carbonyl (C=O) groups is 1. The summed E-state index contributed by atoms with van der Waals surface area (Å²) in [6.45, 7) is 0. The standard InChI is InChI=1S/C7H10O3/c8-5-1-2-6(9)4-7(10)3-5/h1-2,5,7-8,10H,3-4H2/t5-,7+/m1/s1. The number of carbonyl (C=O) groups excluding carboxylic acids is 1. The summed E-state index contributed by atoms with van der Waals surface area (Å²) in [4.78, 5) is 10.7. The van der Waals surface area contributed by atoms with Gasteiger partial charge < -0.3 is 10.2 Å². The molecule has 2 atom stereocenters. The molecule has 0 bridgehead atoms. The van der Waals surface area contributed by atoms with Gasteiger partial charge in [-0.2, -0.15) is 0 Å². The van der Waals surface area contributed by atoms with E-state index in [1.807, 2.05) is 0 Å². The van der Waals surface area contributed by atoms with Gasteiger partial charge in [-0.1, -0.05) is 6.08 Å². The predicted octanol–water partition coefficient (Wildman–Crippen LogP) is -0.373. The summed E-state index contributed by atoms with van der Waals surface area (Å²) in [5.41, 5.74) is 0. The van der Waals surface area contributed by atoms with Crippen LogP contribution in [0.2, 0.25) is 0 Å². The molecule has 56 valence electrons.